The second-order valence-electron chi connectivity index (χ2n) is 7.66. The van der Waals surface area contributed by atoms with E-state index in [2.05, 4.69) is 10.4 Å². The van der Waals surface area contributed by atoms with Crippen molar-refractivity contribution in [2.75, 3.05) is 12.4 Å². The van der Waals surface area contributed by atoms with E-state index >= 15 is 0 Å². The maximum atomic E-state index is 13.3. The molecule has 0 aliphatic heterocycles. The van der Waals surface area contributed by atoms with Crippen LogP contribution >= 0.6 is 11.6 Å². The number of methoxy groups -OCH3 is 1. The highest BCUT2D eigenvalue weighted by Crippen LogP contribution is 2.39. The molecular formula is C23H20ClN5O3. The second-order valence-corrected chi connectivity index (χ2v) is 8.09. The van der Waals surface area contributed by atoms with Crippen molar-refractivity contribution >= 4 is 34.2 Å². The summed E-state index contributed by atoms with van der Waals surface area (Å²) < 4.78 is 8.39. The highest BCUT2D eigenvalue weighted by Gasteiger charge is 2.31. The zero-order valence-electron chi connectivity index (χ0n) is 17.3. The van der Waals surface area contributed by atoms with E-state index in [1.54, 1.807) is 22.9 Å². The topological polar surface area (TPSA) is 91.0 Å². The molecule has 4 aromatic rings. The molecular weight excluding hydrogens is 430 g/mol. The van der Waals surface area contributed by atoms with Crippen molar-refractivity contribution in [2.45, 2.75) is 25.3 Å². The highest BCUT2D eigenvalue weighted by atomic mass is 35.5. The van der Waals surface area contributed by atoms with Gasteiger partial charge in [-0.3, -0.25) is 14.2 Å². The number of nitrogens with one attached hydrogen (secondary N) is 1. The van der Waals surface area contributed by atoms with Gasteiger partial charge in [0.2, 0.25) is 5.91 Å². The van der Waals surface area contributed by atoms with E-state index in [9.17, 15) is 9.59 Å². The van der Waals surface area contributed by atoms with Crippen LogP contribution in [0.3, 0.4) is 0 Å². The largest absolute Gasteiger partial charge is 0.495 e. The van der Waals surface area contributed by atoms with Crippen LogP contribution in [0.4, 0.5) is 5.69 Å². The number of hydrogen-bond acceptors (Lipinski definition) is 5. The number of rotatable bonds is 6. The van der Waals surface area contributed by atoms with Crippen LogP contribution in [0.25, 0.3) is 16.7 Å². The number of anilines is 1. The van der Waals surface area contributed by atoms with Crippen LogP contribution in [-0.4, -0.2) is 32.3 Å². The van der Waals surface area contributed by atoms with Gasteiger partial charge in [0, 0.05) is 10.9 Å². The molecule has 0 spiro atoms. The maximum absolute atomic E-state index is 13.3. The van der Waals surface area contributed by atoms with Crippen molar-refractivity contribution in [3.63, 3.8) is 0 Å². The molecule has 0 bridgehead atoms. The van der Waals surface area contributed by atoms with E-state index in [0.717, 1.165) is 18.5 Å². The fraction of sp³-hybridized carbons (Fsp3) is 0.217. The van der Waals surface area contributed by atoms with Crippen LogP contribution in [0.2, 0.25) is 5.02 Å². The third kappa shape index (κ3) is 3.73. The normalized spacial score (nSPS) is 13.3. The second kappa shape index (κ2) is 8.12. The highest BCUT2D eigenvalue weighted by molar-refractivity contribution is 6.31. The van der Waals surface area contributed by atoms with Crippen molar-refractivity contribution < 1.29 is 9.53 Å². The molecule has 1 aliphatic rings. The lowest BCUT2D eigenvalue weighted by Gasteiger charge is -2.14. The zero-order chi connectivity index (χ0) is 22.2. The number of benzene rings is 2. The van der Waals surface area contributed by atoms with Gasteiger partial charge in [0.15, 0.2) is 5.65 Å². The van der Waals surface area contributed by atoms with Crippen molar-refractivity contribution in [3.8, 4) is 11.4 Å². The standard InChI is InChI=1S/C23H20ClN5O3/c1-32-19-10-9-15(24)11-18(19)26-20(30)13-28-21(14-7-8-14)27-22-17(23(28)31)12-25-29(22)16-5-3-2-4-6-16/h2-6,9-12,14H,7-8,13H2,1H3,(H,26,30). The minimum absolute atomic E-state index is 0.153. The lowest BCUT2D eigenvalue weighted by molar-refractivity contribution is -0.116. The van der Waals surface area contributed by atoms with Gasteiger partial charge in [0.1, 0.15) is 23.5 Å². The minimum atomic E-state index is -0.369. The van der Waals surface area contributed by atoms with Crippen LogP contribution in [0.15, 0.2) is 59.5 Å². The lowest BCUT2D eigenvalue weighted by Crippen LogP contribution is -2.31. The van der Waals surface area contributed by atoms with Crippen LogP contribution in [0.5, 0.6) is 5.75 Å². The zero-order valence-corrected chi connectivity index (χ0v) is 18.0. The summed E-state index contributed by atoms with van der Waals surface area (Å²) in [4.78, 5) is 31.0. The number of ether oxygens (including phenoxy) is 1. The summed E-state index contributed by atoms with van der Waals surface area (Å²) in [5.41, 5.74) is 1.47. The van der Waals surface area contributed by atoms with Crippen molar-refractivity contribution in [1.82, 2.24) is 19.3 Å². The third-order valence-corrected chi connectivity index (χ3v) is 5.63. The Bertz CT molecular complexity index is 1380. The van der Waals surface area contributed by atoms with Crippen LogP contribution in [0, 0.1) is 0 Å². The summed E-state index contributed by atoms with van der Waals surface area (Å²) in [6.45, 7) is -0.167. The quantitative estimate of drug-likeness (QED) is 0.484. The summed E-state index contributed by atoms with van der Waals surface area (Å²) in [7, 11) is 1.51. The van der Waals surface area contributed by atoms with Crippen molar-refractivity contribution in [3.05, 3.63) is 75.9 Å². The van der Waals surface area contributed by atoms with Gasteiger partial charge < -0.3 is 10.1 Å². The van der Waals surface area contributed by atoms with Gasteiger partial charge in [-0.2, -0.15) is 5.10 Å². The first-order valence-electron chi connectivity index (χ1n) is 10.2. The van der Waals surface area contributed by atoms with Gasteiger partial charge in [0.25, 0.3) is 5.56 Å². The Hall–Kier alpha value is -3.65. The number of aromatic nitrogens is 4. The Morgan fingerprint density at radius 3 is 2.72 bits per heavy atom. The monoisotopic (exact) mass is 449 g/mol. The Balaban J connectivity index is 1.52. The predicted octanol–water partition coefficient (Wildman–Crippen LogP) is 3.76. The van der Waals surface area contributed by atoms with Gasteiger partial charge in [-0.05, 0) is 43.2 Å². The van der Waals surface area contributed by atoms with E-state index in [-0.39, 0.29) is 23.9 Å². The number of fused-ring (bicyclic) bond motifs is 1. The molecule has 1 aliphatic carbocycles. The number of carbonyl (C=O) groups excluding carboxylic acids is 1. The first-order valence-corrected chi connectivity index (χ1v) is 10.6. The van der Waals surface area contributed by atoms with Gasteiger partial charge in [-0.15, -0.1) is 0 Å². The summed E-state index contributed by atoms with van der Waals surface area (Å²) in [5, 5.41) is 8.00. The molecule has 1 fully saturated rings. The molecule has 0 radical (unpaired) electrons. The number of nitrogens with zero attached hydrogens (tertiary/aromatic N) is 4. The molecule has 0 unspecified atom stereocenters. The van der Waals surface area contributed by atoms with Crippen molar-refractivity contribution in [1.29, 1.82) is 0 Å². The Labute approximate surface area is 188 Å². The number of halogens is 1. The molecule has 5 rings (SSSR count). The van der Waals surface area contributed by atoms with Crippen molar-refractivity contribution in [2.24, 2.45) is 0 Å². The Morgan fingerprint density at radius 1 is 1.22 bits per heavy atom. The minimum Gasteiger partial charge on any atom is -0.495 e. The third-order valence-electron chi connectivity index (χ3n) is 5.40. The predicted molar refractivity (Wildman–Crippen MR) is 122 cm³/mol. The summed E-state index contributed by atoms with van der Waals surface area (Å²) in [5.74, 6) is 0.870. The Morgan fingerprint density at radius 2 is 2.00 bits per heavy atom. The number of para-hydroxylation sites is 1. The average Bonchev–Trinajstić information content (AvgIpc) is 3.55. The molecule has 1 saturated carbocycles. The molecule has 2 aromatic heterocycles. The van der Waals surface area contributed by atoms with E-state index in [4.69, 9.17) is 21.3 Å². The van der Waals surface area contributed by atoms with Crippen LogP contribution in [0.1, 0.15) is 24.6 Å². The van der Waals surface area contributed by atoms with E-state index < -0.39 is 0 Å². The van der Waals surface area contributed by atoms with E-state index in [1.165, 1.54) is 17.9 Å². The molecule has 2 aromatic carbocycles. The Kier molecular flexibility index (Phi) is 5.14. The van der Waals surface area contributed by atoms with Gasteiger partial charge in [-0.25, -0.2) is 9.67 Å². The van der Waals surface area contributed by atoms with E-state index in [1.807, 2.05) is 30.3 Å². The van der Waals surface area contributed by atoms with E-state index in [0.29, 0.717) is 33.3 Å². The van der Waals surface area contributed by atoms with Gasteiger partial charge in [0.05, 0.1) is 24.7 Å². The van der Waals surface area contributed by atoms with Crippen LogP contribution in [-0.2, 0) is 11.3 Å². The number of hydrogen-bond donors (Lipinski definition) is 1. The van der Waals surface area contributed by atoms with Crippen LogP contribution < -0.4 is 15.6 Å². The summed E-state index contributed by atoms with van der Waals surface area (Å²) in [6, 6.07) is 14.5. The number of amides is 1. The van der Waals surface area contributed by atoms with Gasteiger partial charge >= 0.3 is 0 Å². The molecule has 32 heavy (non-hydrogen) atoms. The molecule has 1 N–H and O–H groups in total. The SMILES string of the molecule is COc1ccc(Cl)cc1NC(=O)Cn1c(C2CC2)nc2c(cnn2-c2ccccc2)c1=O. The molecule has 2 heterocycles. The fourth-order valence-electron chi connectivity index (χ4n) is 3.69. The molecule has 1 amide bonds. The molecule has 0 saturated heterocycles. The fourth-order valence-corrected chi connectivity index (χ4v) is 3.87. The smallest absolute Gasteiger partial charge is 0.265 e. The molecule has 162 valence electrons. The first kappa shape index (κ1) is 20.3. The summed E-state index contributed by atoms with van der Waals surface area (Å²) in [6.07, 6.45) is 3.37. The average molecular weight is 450 g/mol. The van der Waals surface area contributed by atoms with Gasteiger partial charge in [-0.1, -0.05) is 29.8 Å². The molecule has 0 atom stereocenters. The molecule has 8 nitrogen and oxygen atoms in total. The number of carbonyl (C=O) groups is 1. The molecule has 9 heteroatoms. The lowest BCUT2D eigenvalue weighted by atomic mass is 10.2. The summed E-state index contributed by atoms with van der Waals surface area (Å²) >= 11 is 6.05. The maximum Gasteiger partial charge on any atom is 0.265 e. The first-order chi connectivity index (χ1) is 15.5.